The van der Waals surface area contributed by atoms with Gasteiger partial charge in [-0.25, -0.2) is 0 Å². The van der Waals surface area contributed by atoms with E-state index in [4.69, 9.17) is 10.2 Å². The van der Waals surface area contributed by atoms with E-state index in [1.54, 1.807) is 6.92 Å². The molecule has 11 heavy (non-hydrogen) atoms. The average molecular weight is 196 g/mol. The first-order valence-electron chi connectivity index (χ1n) is 3.19. The number of hydrogen-bond acceptors (Lipinski definition) is 5. The molecular weight excluding hydrogens is 184 g/mol. The highest BCUT2D eigenvalue weighted by atomic mass is 32.2. The monoisotopic (exact) mass is 196 g/mol. The Morgan fingerprint density at radius 3 is 2.55 bits per heavy atom. The molecule has 2 N–H and O–H groups in total. The lowest BCUT2D eigenvalue weighted by molar-refractivity contribution is -0.107. The fourth-order valence-electron chi connectivity index (χ4n) is 0.433. The van der Waals surface area contributed by atoms with E-state index in [1.165, 1.54) is 0 Å². The molecule has 3 nitrogen and oxygen atoms in total. The Morgan fingerprint density at radius 2 is 2.18 bits per heavy atom. The largest absolute Gasteiger partial charge is 0.389 e. The molecule has 0 aliphatic carbocycles. The van der Waals surface area contributed by atoms with Crippen LogP contribution in [-0.2, 0) is 4.79 Å². The van der Waals surface area contributed by atoms with Gasteiger partial charge in [0, 0.05) is 5.75 Å². The lowest BCUT2D eigenvalue weighted by Crippen LogP contribution is -2.26. The average Bonchev–Trinajstić information content (AvgIpc) is 2.02. The zero-order valence-corrected chi connectivity index (χ0v) is 7.89. The predicted octanol–water partition coefficient (Wildman–Crippen LogP) is -0.0839. The van der Waals surface area contributed by atoms with Gasteiger partial charge in [-0.05, 0) is 6.92 Å². The van der Waals surface area contributed by atoms with Gasteiger partial charge in [0.1, 0.15) is 11.7 Å². The summed E-state index contributed by atoms with van der Waals surface area (Å²) in [6, 6.07) is 0. The molecule has 0 aromatic rings. The van der Waals surface area contributed by atoms with Crippen molar-refractivity contribution in [3.05, 3.63) is 0 Å². The van der Waals surface area contributed by atoms with Crippen LogP contribution in [0.15, 0.2) is 0 Å². The van der Waals surface area contributed by atoms with Crippen molar-refractivity contribution >= 4 is 30.7 Å². The molecule has 0 aliphatic rings. The molecule has 0 aliphatic heterocycles. The first-order chi connectivity index (χ1) is 5.11. The van der Waals surface area contributed by atoms with Crippen LogP contribution < -0.4 is 0 Å². The second kappa shape index (κ2) is 5.88. The van der Waals surface area contributed by atoms with E-state index in [0.717, 1.165) is 18.0 Å². The van der Waals surface area contributed by atoms with E-state index >= 15 is 0 Å². The summed E-state index contributed by atoms with van der Waals surface area (Å²) in [7, 11) is 0. The third kappa shape index (κ3) is 4.68. The fraction of sp³-hybridized carbons (Fsp3) is 0.833. The van der Waals surface area contributed by atoms with Crippen molar-refractivity contribution in [1.29, 1.82) is 0 Å². The number of aldehydes is 1. The summed E-state index contributed by atoms with van der Waals surface area (Å²) in [5.41, 5.74) is -0.923. The highest BCUT2D eigenvalue weighted by Gasteiger charge is 2.17. The molecule has 0 saturated carbocycles. The normalized spacial score (nSPS) is 18.9. The van der Waals surface area contributed by atoms with Gasteiger partial charge in [-0.3, -0.25) is 0 Å². The van der Waals surface area contributed by atoms with Crippen molar-refractivity contribution in [2.45, 2.75) is 23.7 Å². The molecule has 0 saturated heterocycles. The molecule has 0 heterocycles. The molecular formula is C6H12O3S2. The van der Waals surface area contributed by atoms with Crippen LogP contribution in [0.3, 0.4) is 0 Å². The van der Waals surface area contributed by atoms with Gasteiger partial charge in [0.15, 0.2) is 0 Å². The Bertz CT molecular complexity index is 120. The smallest absolute Gasteiger partial charge is 0.132 e. The first-order valence-corrected chi connectivity index (χ1v) is 4.77. The first kappa shape index (κ1) is 11.3. The van der Waals surface area contributed by atoms with Gasteiger partial charge in [-0.1, -0.05) is 0 Å². The third-order valence-electron chi connectivity index (χ3n) is 1.06. The van der Waals surface area contributed by atoms with Crippen LogP contribution in [0.4, 0.5) is 0 Å². The van der Waals surface area contributed by atoms with Crippen molar-refractivity contribution < 1.29 is 15.0 Å². The molecule has 0 fully saturated rings. The SMILES string of the molecule is CC(C=O)SC(O)C(O)CS. The van der Waals surface area contributed by atoms with Gasteiger partial charge in [-0.2, -0.15) is 12.6 Å². The quantitative estimate of drug-likeness (QED) is 0.327. The summed E-state index contributed by atoms with van der Waals surface area (Å²) >= 11 is 4.82. The van der Waals surface area contributed by atoms with Gasteiger partial charge in [0.2, 0.25) is 0 Å². The molecule has 0 radical (unpaired) electrons. The topological polar surface area (TPSA) is 57.5 Å². The van der Waals surface area contributed by atoms with E-state index in [-0.39, 0.29) is 11.0 Å². The molecule has 0 amide bonds. The molecule has 0 bridgehead atoms. The van der Waals surface area contributed by atoms with Crippen LogP contribution in [0, 0.1) is 0 Å². The molecule has 0 spiro atoms. The van der Waals surface area contributed by atoms with Gasteiger partial charge in [-0.15, -0.1) is 11.8 Å². The lowest BCUT2D eigenvalue weighted by Gasteiger charge is -2.16. The van der Waals surface area contributed by atoms with E-state index in [1.807, 2.05) is 0 Å². The summed E-state index contributed by atoms with van der Waals surface area (Å²) in [4.78, 5) is 10.1. The summed E-state index contributed by atoms with van der Waals surface area (Å²) in [5, 5.41) is 17.8. The summed E-state index contributed by atoms with van der Waals surface area (Å²) < 4.78 is 0. The molecule has 0 rings (SSSR count). The summed E-state index contributed by atoms with van der Waals surface area (Å²) in [6.45, 7) is 1.66. The Morgan fingerprint density at radius 1 is 1.64 bits per heavy atom. The Kier molecular flexibility index (Phi) is 6.03. The van der Waals surface area contributed by atoms with Crippen LogP contribution in [-0.4, -0.2) is 39.0 Å². The maximum Gasteiger partial charge on any atom is 0.132 e. The molecule has 0 aromatic heterocycles. The maximum absolute atomic E-state index is 10.1. The zero-order chi connectivity index (χ0) is 8.85. The van der Waals surface area contributed by atoms with Crippen molar-refractivity contribution in [2.75, 3.05) is 5.75 Å². The minimum Gasteiger partial charge on any atom is -0.389 e. The van der Waals surface area contributed by atoms with E-state index in [9.17, 15) is 4.79 Å². The van der Waals surface area contributed by atoms with Crippen LogP contribution in [0.2, 0.25) is 0 Å². The molecule has 0 aromatic carbocycles. The van der Waals surface area contributed by atoms with Crippen LogP contribution in [0.25, 0.3) is 0 Å². The number of aliphatic hydroxyl groups excluding tert-OH is 2. The van der Waals surface area contributed by atoms with Gasteiger partial charge in [0.25, 0.3) is 0 Å². The summed E-state index contributed by atoms with van der Waals surface area (Å²) in [5.74, 6) is 0.194. The van der Waals surface area contributed by atoms with Gasteiger partial charge in [0.05, 0.1) is 11.4 Å². The molecule has 3 atom stereocenters. The highest BCUT2D eigenvalue weighted by Crippen LogP contribution is 2.17. The highest BCUT2D eigenvalue weighted by molar-refractivity contribution is 8.01. The number of hydrogen-bond donors (Lipinski definition) is 3. The van der Waals surface area contributed by atoms with E-state index < -0.39 is 11.5 Å². The summed E-state index contributed by atoms with van der Waals surface area (Å²) in [6.07, 6.45) is -0.148. The van der Waals surface area contributed by atoms with Crippen LogP contribution in [0.1, 0.15) is 6.92 Å². The molecule has 3 unspecified atom stereocenters. The Balaban J connectivity index is 3.66. The minimum absolute atomic E-state index is 0.194. The fourth-order valence-corrected chi connectivity index (χ4v) is 1.56. The molecule has 66 valence electrons. The minimum atomic E-state index is -0.923. The van der Waals surface area contributed by atoms with E-state index in [2.05, 4.69) is 12.6 Å². The number of thiol groups is 1. The van der Waals surface area contributed by atoms with Crippen molar-refractivity contribution in [1.82, 2.24) is 0 Å². The predicted molar refractivity (Wildman–Crippen MR) is 49.0 cm³/mol. The van der Waals surface area contributed by atoms with Gasteiger partial charge >= 0.3 is 0 Å². The number of aliphatic hydroxyl groups is 2. The number of carbonyl (C=O) groups excluding carboxylic acids is 1. The Hall–Kier alpha value is 0.290. The second-order valence-corrected chi connectivity index (χ2v) is 3.98. The standard InChI is InChI=1S/C6H12O3S2/c1-4(2-7)11-6(9)5(8)3-10/h2,4-6,8-10H,3H2,1H3. The van der Waals surface area contributed by atoms with Gasteiger partial charge < -0.3 is 15.0 Å². The van der Waals surface area contributed by atoms with Crippen molar-refractivity contribution in [3.63, 3.8) is 0 Å². The molecule has 5 heteroatoms. The van der Waals surface area contributed by atoms with Crippen molar-refractivity contribution in [3.8, 4) is 0 Å². The second-order valence-electron chi connectivity index (χ2n) is 2.12. The van der Waals surface area contributed by atoms with Crippen LogP contribution in [0.5, 0.6) is 0 Å². The number of rotatable bonds is 5. The maximum atomic E-state index is 10.1. The third-order valence-corrected chi connectivity index (χ3v) is 2.57. The lowest BCUT2D eigenvalue weighted by atomic mass is 10.4. The zero-order valence-electron chi connectivity index (χ0n) is 6.17. The van der Waals surface area contributed by atoms with Crippen molar-refractivity contribution in [2.24, 2.45) is 0 Å². The number of thioether (sulfide) groups is 1. The number of carbonyl (C=O) groups is 1. The van der Waals surface area contributed by atoms with E-state index in [0.29, 0.717) is 0 Å². The van der Waals surface area contributed by atoms with Crippen LogP contribution >= 0.6 is 24.4 Å². The Labute approximate surface area is 75.6 Å².